The van der Waals surface area contributed by atoms with Gasteiger partial charge >= 0.3 is 5.97 Å². The Balaban J connectivity index is 1.84. The summed E-state index contributed by atoms with van der Waals surface area (Å²) in [5.41, 5.74) is 0. The smallest absolute Gasteiger partial charge is 0.307 e. The van der Waals surface area contributed by atoms with Crippen molar-refractivity contribution in [1.29, 1.82) is 0 Å². The van der Waals surface area contributed by atoms with E-state index in [4.69, 9.17) is 0 Å². The van der Waals surface area contributed by atoms with Crippen LogP contribution in [0.2, 0.25) is 0 Å². The molecule has 1 aliphatic heterocycles. The van der Waals surface area contributed by atoms with Gasteiger partial charge in [0.15, 0.2) is 0 Å². The van der Waals surface area contributed by atoms with Gasteiger partial charge in [-0.15, -0.1) is 0 Å². The summed E-state index contributed by atoms with van der Waals surface area (Å²) in [6, 6.07) is 0.0944. The molecule has 0 radical (unpaired) electrons. The Hall–Kier alpha value is -1.10. The van der Waals surface area contributed by atoms with Crippen LogP contribution in [0.1, 0.15) is 45.4 Å². The standard InChI is InChI=1S/C15H26N2O3/c1-11(10-17-8-4-5-9-17)16-14(18)12-6-2-3-7-13(12)15(19)20/h11-13H,2-10H2,1H3,(H,16,18)(H,19,20)/t11?,12-,13+/m1/s1. The van der Waals surface area contributed by atoms with E-state index in [2.05, 4.69) is 10.2 Å². The van der Waals surface area contributed by atoms with Gasteiger partial charge in [-0.3, -0.25) is 9.59 Å². The Bertz CT molecular complexity index is 353. The Morgan fingerprint density at radius 2 is 1.75 bits per heavy atom. The van der Waals surface area contributed by atoms with Gasteiger partial charge in [0.1, 0.15) is 0 Å². The van der Waals surface area contributed by atoms with Gasteiger partial charge in [0, 0.05) is 12.6 Å². The third kappa shape index (κ3) is 3.95. The number of hydrogen-bond donors (Lipinski definition) is 2. The van der Waals surface area contributed by atoms with Crippen molar-refractivity contribution >= 4 is 11.9 Å². The first kappa shape index (κ1) is 15.3. The summed E-state index contributed by atoms with van der Waals surface area (Å²) in [7, 11) is 0. The molecule has 0 aromatic heterocycles. The average molecular weight is 282 g/mol. The zero-order chi connectivity index (χ0) is 14.5. The van der Waals surface area contributed by atoms with Crippen LogP contribution in [0, 0.1) is 11.8 Å². The van der Waals surface area contributed by atoms with Crippen LogP contribution in [0.25, 0.3) is 0 Å². The van der Waals surface area contributed by atoms with Gasteiger partial charge in [-0.1, -0.05) is 12.8 Å². The molecule has 2 rings (SSSR count). The lowest BCUT2D eigenvalue weighted by atomic mass is 9.78. The largest absolute Gasteiger partial charge is 0.481 e. The number of likely N-dealkylation sites (tertiary alicyclic amines) is 1. The molecule has 3 atom stereocenters. The number of rotatable bonds is 5. The third-order valence-electron chi connectivity index (χ3n) is 4.54. The number of amides is 1. The van der Waals surface area contributed by atoms with Crippen LogP contribution in [0.4, 0.5) is 0 Å². The Morgan fingerprint density at radius 1 is 1.15 bits per heavy atom. The number of aliphatic carboxylic acids is 1. The van der Waals surface area contributed by atoms with Crippen molar-refractivity contribution in [3.63, 3.8) is 0 Å². The number of carbonyl (C=O) groups excluding carboxylic acids is 1. The lowest BCUT2D eigenvalue weighted by Gasteiger charge is -2.29. The SMILES string of the molecule is CC(CN1CCCC1)NC(=O)[C@@H]1CCCC[C@@H]1C(=O)O. The number of nitrogens with zero attached hydrogens (tertiary/aromatic N) is 1. The summed E-state index contributed by atoms with van der Waals surface area (Å²) in [5.74, 6) is -1.73. The molecule has 1 saturated heterocycles. The Kier molecular flexibility index (Phi) is 5.40. The molecule has 114 valence electrons. The van der Waals surface area contributed by atoms with Crippen molar-refractivity contribution in [3.05, 3.63) is 0 Å². The van der Waals surface area contributed by atoms with E-state index < -0.39 is 11.9 Å². The number of hydrogen-bond acceptors (Lipinski definition) is 3. The zero-order valence-electron chi connectivity index (χ0n) is 12.3. The first-order chi connectivity index (χ1) is 9.58. The number of carboxylic acid groups (broad SMARTS) is 1. The molecule has 0 spiro atoms. The first-order valence-corrected chi connectivity index (χ1v) is 7.83. The van der Waals surface area contributed by atoms with Crippen LogP contribution in [-0.2, 0) is 9.59 Å². The maximum atomic E-state index is 12.3. The third-order valence-corrected chi connectivity index (χ3v) is 4.54. The molecule has 1 amide bonds. The minimum absolute atomic E-state index is 0.0659. The van der Waals surface area contributed by atoms with Crippen LogP contribution < -0.4 is 5.32 Å². The topological polar surface area (TPSA) is 69.6 Å². The van der Waals surface area contributed by atoms with Crippen molar-refractivity contribution in [3.8, 4) is 0 Å². The number of carbonyl (C=O) groups is 2. The highest BCUT2D eigenvalue weighted by molar-refractivity contribution is 5.85. The summed E-state index contributed by atoms with van der Waals surface area (Å²) in [6.07, 6.45) is 5.70. The molecule has 1 aliphatic carbocycles. The van der Waals surface area contributed by atoms with Crippen LogP contribution in [0.5, 0.6) is 0 Å². The fourth-order valence-electron chi connectivity index (χ4n) is 3.49. The second-order valence-electron chi connectivity index (χ2n) is 6.25. The van der Waals surface area contributed by atoms with Gasteiger partial charge in [0.25, 0.3) is 0 Å². The van der Waals surface area contributed by atoms with E-state index in [9.17, 15) is 14.7 Å². The fraction of sp³-hybridized carbons (Fsp3) is 0.867. The van der Waals surface area contributed by atoms with Gasteiger partial charge < -0.3 is 15.3 Å². The normalized spacial score (nSPS) is 29.1. The molecule has 1 heterocycles. The Morgan fingerprint density at radius 3 is 2.35 bits per heavy atom. The van der Waals surface area contributed by atoms with Gasteiger partial charge in [-0.2, -0.15) is 0 Å². The molecule has 0 bridgehead atoms. The molecular formula is C15H26N2O3. The minimum atomic E-state index is -0.822. The van der Waals surface area contributed by atoms with Crippen molar-refractivity contribution in [2.75, 3.05) is 19.6 Å². The predicted molar refractivity (Wildman–Crippen MR) is 76.4 cm³/mol. The van der Waals surface area contributed by atoms with Gasteiger partial charge in [0.05, 0.1) is 11.8 Å². The average Bonchev–Trinajstić information content (AvgIpc) is 2.91. The van der Waals surface area contributed by atoms with Gasteiger partial charge in [-0.25, -0.2) is 0 Å². The van der Waals surface area contributed by atoms with E-state index >= 15 is 0 Å². The molecule has 1 unspecified atom stereocenters. The van der Waals surface area contributed by atoms with Crippen LogP contribution in [-0.4, -0.2) is 47.6 Å². The molecule has 20 heavy (non-hydrogen) atoms. The Labute approximate surface area is 120 Å². The second-order valence-corrected chi connectivity index (χ2v) is 6.25. The summed E-state index contributed by atoms with van der Waals surface area (Å²) < 4.78 is 0. The number of nitrogens with one attached hydrogen (secondary N) is 1. The van der Waals surface area contributed by atoms with Crippen LogP contribution in [0.15, 0.2) is 0 Å². The maximum absolute atomic E-state index is 12.3. The molecule has 2 N–H and O–H groups in total. The number of carboxylic acids is 1. The summed E-state index contributed by atoms with van der Waals surface area (Å²) in [6.45, 7) is 5.10. The summed E-state index contributed by atoms with van der Waals surface area (Å²) >= 11 is 0. The summed E-state index contributed by atoms with van der Waals surface area (Å²) in [5, 5.41) is 12.3. The zero-order valence-corrected chi connectivity index (χ0v) is 12.3. The fourth-order valence-corrected chi connectivity index (χ4v) is 3.49. The molecule has 0 aromatic carbocycles. The van der Waals surface area contributed by atoms with E-state index in [-0.39, 0.29) is 17.9 Å². The second kappa shape index (κ2) is 7.07. The first-order valence-electron chi connectivity index (χ1n) is 7.83. The molecule has 2 aliphatic rings. The molecule has 2 fully saturated rings. The maximum Gasteiger partial charge on any atom is 0.307 e. The van der Waals surface area contributed by atoms with Crippen LogP contribution in [0.3, 0.4) is 0 Å². The molecule has 5 nitrogen and oxygen atoms in total. The van der Waals surface area contributed by atoms with Crippen LogP contribution >= 0.6 is 0 Å². The summed E-state index contributed by atoms with van der Waals surface area (Å²) in [4.78, 5) is 25.9. The van der Waals surface area contributed by atoms with E-state index in [1.807, 2.05) is 6.92 Å². The van der Waals surface area contributed by atoms with Crippen molar-refractivity contribution in [1.82, 2.24) is 10.2 Å². The molecular weight excluding hydrogens is 256 g/mol. The minimum Gasteiger partial charge on any atom is -0.481 e. The lowest BCUT2D eigenvalue weighted by molar-refractivity contribution is -0.149. The van der Waals surface area contributed by atoms with E-state index in [0.717, 1.165) is 32.5 Å². The highest BCUT2D eigenvalue weighted by Gasteiger charge is 2.36. The molecule has 0 aromatic rings. The van der Waals surface area contributed by atoms with Crippen molar-refractivity contribution in [2.24, 2.45) is 11.8 Å². The lowest BCUT2D eigenvalue weighted by Crippen LogP contribution is -2.46. The van der Waals surface area contributed by atoms with Crippen molar-refractivity contribution in [2.45, 2.75) is 51.5 Å². The van der Waals surface area contributed by atoms with E-state index in [1.54, 1.807) is 0 Å². The van der Waals surface area contributed by atoms with Crippen molar-refractivity contribution < 1.29 is 14.7 Å². The van der Waals surface area contributed by atoms with E-state index in [1.165, 1.54) is 12.8 Å². The molecule has 5 heteroatoms. The quantitative estimate of drug-likeness (QED) is 0.801. The predicted octanol–water partition coefficient (Wildman–Crippen LogP) is 1.48. The van der Waals surface area contributed by atoms with Gasteiger partial charge in [0.2, 0.25) is 5.91 Å². The highest BCUT2D eigenvalue weighted by atomic mass is 16.4. The highest BCUT2D eigenvalue weighted by Crippen LogP contribution is 2.30. The monoisotopic (exact) mass is 282 g/mol. The van der Waals surface area contributed by atoms with Gasteiger partial charge in [-0.05, 0) is 45.7 Å². The molecule has 1 saturated carbocycles. The van der Waals surface area contributed by atoms with E-state index in [0.29, 0.717) is 12.8 Å².